The summed E-state index contributed by atoms with van der Waals surface area (Å²) >= 11 is 0. The molecule has 3 N–H and O–H groups in total. The van der Waals surface area contributed by atoms with Gasteiger partial charge in [0.1, 0.15) is 19.3 Å². The number of carbonyl (C=O) groups excluding carboxylic acids is 4. The molecule has 19 heteroatoms. The largest absolute Gasteiger partial charge is 0.472 e. The van der Waals surface area contributed by atoms with Crippen molar-refractivity contribution >= 4 is 39.5 Å². The number of ether oxygens (including phenoxy) is 4. The molecule has 0 aliphatic rings. The lowest BCUT2D eigenvalue weighted by Crippen LogP contribution is -2.30. The highest BCUT2D eigenvalue weighted by atomic mass is 31.2. The highest BCUT2D eigenvalue weighted by Gasteiger charge is 2.30. The molecule has 0 radical (unpaired) electrons. The molecule has 5 atom stereocenters. The fourth-order valence-corrected chi connectivity index (χ4v) is 11.6. The first kappa shape index (κ1) is 95.5. The Hall–Kier alpha value is -4.54. The number of unbranched alkanes of at least 4 members (excludes halogenated alkanes) is 26. The van der Waals surface area contributed by atoms with Gasteiger partial charge in [0.15, 0.2) is 12.2 Å². The first-order valence-electron chi connectivity index (χ1n) is 38.8. The Morgan fingerprint density at radius 2 is 0.560 bits per heavy atom. The molecular formula is C81H138O17P2. The van der Waals surface area contributed by atoms with Gasteiger partial charge in [0.25, 0.3) is 0 Å². The van der Waals surface area contributed by atoms with Crippen LogP contribution in [-0.4, -0.2) is 96.7 Å². The van der Waals surface area contributed by atoms with E-state index in [1.807, 2.05) is 18.2 Å². The quantitative estimate of drug-likeness (QED) is 0.0169. The Kier molecular flexibility index (Phi) is 69.5. The number of aliphatic hydroxyl groups excluding tert-OH is 1. The average molecular weight is 1450 g/mol. The molecule has 0 heterocycles. The van der Waals surface area contributed by atoms with Crippen LogP contribution >= 0.6 is 15.6 Å². The zero-order chi connectivity index (χ0) is 73.2. The van der Waals surface area contributed by atoms with Gasteiger partial charge in [-0.1, -0.05) is 265 Å². The van der Waals surface area contributed by atoms with Gasteiger partial charge in [-0.15, -0.1) is 0 Å². The van der Waals surface area contributed by atoms with Gasteiger partial charge in [-0.2, -0.15) is 0 Å². The highest BCUT2D eigenvalue weighted by Crippen LogP contribution is 2.45. The normalized spacial score (nSPS) is 14.6. The van der Waals surface area contributed by atoms with Crippen LogP contribution in [-0.2, 0) is 65.4 Å². The Labute approximate surface area is 606 Å². The summed E-state index contributed by atoms with van der Waals surface area (Å²) in [5.74, 6) is -2.30. The van der Waals surface area contributed by atoms with Crippen LogP contribution in [0.15, 0.2) is 122 Å². The summed E-state index contributed by atoms with van der Waals surface area (Å²) in [6, 6.07) is 0. The summed E-state index contributed by atoms with van der Waals surface area (Å²) in [6.45, 7) is 4.56. The minimum atomic E-state index is -5.00. The van der Waals surface area contributed by atoms with Gasteiger partial charge in [0.05, 0.1) is 26.4 Å². The van der Waals surface area contributed by atoms with Gasteiger partial charge in [-0.05, 0) is 141 Å². The summed E-state index contributed by atoms with van der Waals surface area (Å²) in [5, 5.41) is 10.6. The first-order chi connectivity index (χ1) is 48.7. The number of rotatable bonds is 72. The molecule has 0 amide bonds. The fourth-order valence-electron chi connectivity index (χ4n) is 9.98. The summed E-state index contributed by atoms with van der Waals surface area (Å²) in [5.41, 5.74) is 0. The van der Waals surface area contributed by atoms with Crippen LogP contribution < -0.4 is 0 Å². The third-order valence-corrected chi connectivity index (χ3v) is 17.8. The molecule has 0 aromatic rings. The van der Waals surface area contributed by atoms with Gasteiger partial charge in [0.2, 0.25) is 0 Å². The Balaban J connectivity index is 5.43. The van der Waals surface area contributed by atoms with E-state index in [1.54, 1.807) is 0 Å². The van der Waals surface area contributed by atoms with Crippen molar-refractivity contribution in [1.29, 1.82) is 0 Å². The maximum absolute atomic E-state index is 13.1. The van der Waals surface area contributed by atoms with Gasteiger partial charge in [-0.25, -0.2) is 9.13 Å². The number of phosphoric ester groups is 2. The van der Waals surface area contributed by atoms with Crippen molar-refractivity contribution in [3.05, 3.63) is 122 Å². The van der Waals surface area contributed by atoms with Crippen LogP contribution in [0, 0.1) is 0 Å². The third kappa shape index (κ3) is 71.8. The molecular weight excluding hydrogens is 1310 g/mol. The van der Waals surface area contributed by atoms with Crippen LogP contribution in [0.3, 0.4) is 0 Å². The minimum absolute atomic E-state index is 0.0327. The summed E-state index contributed by atoms with van der Waals surface area (Å²) in [6.07, 6.45) is 79.2. The molecule has 17 nitrogen and oxygen atoms in total. The number of esters is 4. The molecule has 5 unspecified atom stereocenters. The minimum Gasteiger partial charge on any atom is -0.462 e. The molecule has 574 valence electrons. The predicted octanol–water partition coefficient (Wildman–Crippen LogP) is 22.3. The van der Waals surface area contributed by atoms with Crippen molar-refractivity contribution in [2.75, 3.05) is 39.6 Å². The van der Waals surface area contributed by atoms with Crippen LogP contribution in [0.5, 0.6) is 0 Å². The van der Waals surface area contributed by atoms with Crippen molar-refractivity contribution in [3.8, 4) is 0 Å². The molecule has 0 spiro atoms. The highest BCUT2D eigenvalue weighted by molar-refractivity contribution is 7.47. The van der Waals surface area contributed by atoms with Crippen molar-refractivity contribution < 1.29 is 80.2 Å². The van der Waals surface area contributed by atoms with E-state index in [0.29, 0.717) is 32.1 Å². The van der Waals surface area contributed by atoms with Crippen LogP contribution in [0.25, 0.3) is 0 Å². The third-order valence-electron chi connectivity index (χ3n) is 15.9. The van der Waals surface area contributed by atoms with Crippen LogP contribution in [0.4, 0.5) is 0 Å². The zero-order valence-electron chi connectivity index (χ0n) is 62.6. The fraction of sp³-hybridized carbons (Fsp3) is 0.704. The van der Waals surface area contributed by atoms with E-state index in [0.717, 1.165) is 161 Å². The van der Waals surface area contributed by atoms with Gasteiger partial charge in [0, 0.05) is 25.7 Å². The van der Waals surface area contributed by atoms with E-state index in [1.165, 1.54) is 64.2 Å². The molecule has 0 aromatic heterocycles. The number of aliphatic hydroxyl groups is 1. The van der Waals surface area contributed by atoms with Gasteiger partial charge in [-0.3, -0.25) is 37.3 Å². The molecule has 0 rings (SSSR count). The van der Waals surface area contributed by atoms with Crippen LogP contribution in [0.2, 0.25) is 0 Å². The van der Waals surface area contributed by atoms with Gasteiger partial charge < -0.3 is 33.8 Å². The molecule has 0 saturated carbocycles. The molecule has 0 bridgehead atoms. The number of allylic oxidation sites excluding steroid dienone is 20. The second kappa shape index (κ2) is 72.8. The summed E-state index contributed by atoms with van der Waals surface area (Å²) < 4.78 is 68.4. The number of hydrogen-bond acceptors (Lipinski definition) is 15. The molecule has 100 heavy (non-hydrogen) atoms. The standard InChI is InChI=1S/C81H138O17P2/c1-5-9-13-17-21-25-29-33-35-36-37-38-40-43-46-50-54-58-62-66-79(84)92-72-77(98-81(86)68-64-60-56-52-48-44-39-34-30-26-22-18-14-10-6-2)74-96-100(89,90)94-70-75(82)69-93-99(87,88)95-73-76(97-80(85)67-63-59-55-51-47-42-32-28-24-20-16-12-8-4)71-91-78(83)65-61-57-53-49-45-41-31-27-23-19-15-11-7-3/h9,13,15,19,21,25,27-28,31-35,37-39,43,46,54,58,75-77,82H,5-8,10-12,14,16-18,20,22-24,26,29-30,36,40-42,44-45,47-53,55-57,59-74H2,1-4H3,(H,87,88)(H,89,90)/b13-9-,19-15-,25-21-,31-27-,32-28-,35-33-,38-37-,39-34-,46-43-,58-54-. The lowest BCUT2D eigenvalue weighted by Gasteiger charge is -2.21. The van der Waals surface area contributed by atoms with E-state index in [-0.39, 0.29) is 25.7 Å². The van der Waals surface area contributed by atoms with Gasteiger partial charge >= 0.3 is 39.5 Å². The predicted molar refractivity (Wildman–Crippen MR) is 408 cm³/mol. The smallest absolute Gasteiger partial charge is 0.462 e. The Bertz CT molecular complexity index is 2370. The number of hydrogen-bond donors (Lipinski definition) is 3. The molecule has 0 aromatic carbocycles. The second-order valence-electron chi connectivity index (χ2n) is 25.6. The monoisotopic (exact) mass is 1440 g/mol. The van der Waals surface area contributed by atoms with Crippen molar-refractivity contribution in [1.82, 2.24) is 0 Å². The maximum Gasteiger partial charge on any atom is 0.472 e. The summed E-state index contributed by atoms with van der Waals surface area (Å²) in [4.78, 5) is 72.8. The van der Waals surface area contributed by atoms with E-state index in [9.17, 15) is 43.2 Å². The van der Waals surface area contributed by atoms with Crippen LogP contribution in [0.1, 0.15) is 310 Å². The van der Waals surface area contributed by atoms with Crippen molar-refractivity contribution in [3.63, 3.8) is 0 Å². The number of carbonyl (C=O) groups is 4. The molecule has 0 aliphatic heterocycles. The van der Waals surface area contributed by atoms with Crippen molar-refractivity contribution in [2.45, 2.75) is 329 Å². The first-order valence-corrected chi connectivity index (χ1v) is 41.8. The Morgan fingerprint density at radius 3 is 0.920 bits per heavy atom. The summed E-state index contributed by atoms with van der Waals surface area (Å²) in [7, 11) is -9.98. The number of phosphoric acid groups is 2. The van der Waals surface area contributed by atoms with E-state index in [2.05, 4.69) is 131 Å². The lowest BCUT2D eigenvalue weighted by atomic mass is 10.1. The van der Waals surface area contributed by atoms with E-state index >= 15 is 0 Å². The van der Waals surface area contributed by atoms with E-state index in [4.69, 9.17) is 37.0 Å². The van der Waals surface area contributed by atoms with Crippen molar-refractivity contribution in [2.24, 2.45) is 0 Å². The second-order valence-corrected chi connectivity index (χ2v) is 28.5. The lowest BCUT2D eigenvalue weighted by molar-refractivity contribution is -0.161. The molecule has 0 fully saturated rings. The SMILES string of the molecule is CC/C=C\C/C=C\C/C=C\C/C=C\C/C=C\C/C=C\CCC(=O)OCC(COP(=O)(O)OCC(O)COP(=O)(O)OCC(COC(=O)CCCCCCC/C=C\C/C=C\CCC)OC(=O)CCCCCCC/C=C\CCCCCC)OC(=O)CCCCCCC/C=C\CCCCCCCC. The molecule has 0 saturated heterocycles. The average Bonchev–Trinajstić information content (AvgIpc) is 0.946. The maximum atomic E-state index is 13.1. The topological polar surface area (TPSA) is 237 Å². The molecule has 0 aliphatic carbocycles. The zero-order valence-corrected chi connectivity index (χ0v) is 64.4. The Morgan fingerprint density at radius 1 is 0.290 bits per heavy atom. The van der Waals surface area contributed by atoms with E-state index < -0.39 is 97.5 Å².